The molecule has 0 aliphatic rings. The maximum absolute atomic E-state index is 6.39. The Kier molecular flexibility index (Phi) is 4.90. The van der Waals surface area contributed by atoms with Crippen LogP contribution in [0.2, 0.25) is 5.02 Å². The molecule has 0 bridgehead atoms. The van der Waals surface area contributed by atoms with Gasteiger partial charge in [-0.2, -0.15) is 0 Å². The largest absolute Gasteiger partial charge is 0.496 e. The first-order chi connectivity index (χ1) is 9.08. The zero-order valence-electron chi connectivity index (χ0n) is 11.0. The third kappa shape index (κ3) is 2.97. The minimum Gasteiger partial charge on any atom is -0.496 e. The summed E-state index contributed by atoms with van der Waals surface area (Å²) in [6.45, 7) is 2.02. The second kappa shape index (κ2) is 6.27. The number of halogens is 2. The smallest absolute Gasteiger partial charge is 0.124 e. The fourth-order valence-electron chi connectivity index (χ4n) is 2.00. The summed E-state index contributed by atoms with van der Waals surface area (Å²) in [5, 5.41) is 6.22. The van der Waals surface area contributed by atoms with E-state index < -0.39 is 0 Å². The lowest BCUT2D eigenvalue weighted by molar-refractivity contribution is 0.405. The lowest BCUT2D eigenvalue weighted by Gasteiger charge is -2.19. The highest BCUT2D eigenvalue weighted by molar-refractivity contribution is 9.10. The van der Waals surface area contributed by atoms with Gasteiger partial charge >= 0.3 is 0 Å². The molecule has 0 radical (unpaired) electrons. The van der Waals surface area contributed by atoms with E-state index in [9.17, 15) is 0 Å². The van der Waals surface area contributed by atoms with Crippen molar-refractivity contribution in [1.29, 1.82) is 0 Å². The summed E-state index contributed by atoms with van der Waals surface area (Å²) < 4.78 is 6.47. The third-order valence-electron chi connectivity index (χ3n) is 2.98. The SMILES string of the molecule is CNC(c1cc(Br)ccc1OC)c1scc(C)c1Cl. The average molecular weight is 361 g/mol. The number of thiophene rings is 1. The monoisotopic (exact) mass is 359 g/mol. The topological polar surface area (TPSA) is 21.3 Å². The van der Waals surface area contributed by atoms with E-state index >= 15 is 0 Å². The van der Waals surface area contributed by atoms with Crippen molar-refractivity contribution in [2.45, 2.75) is 13.0 Å². The molecule has 1 aromatic carbocycles. The Morgan fingerprint density at radius 1 is 1.42 bits per heavy atom. The van der Waals surface area contributed by atoms with Gasteiger partial charge in [0, 0.05) is 14.9 Å². The minimum atomic E-state index is 0.0265. The molecule has 0 amide bonds. The lowest BCUT2D eigenvalue weighted by Crippen LogP contribution is -2.17. The van der Waals surface area contributed by atoms with E-state index in [0.29, 0.717) is 0 Å². The molecule has 0 saturated heterocycles. The molecule has 19 heavy (non-hydrogen) atoms. The number of hydrogen-bond acceptors (Lipinski definition) is 3. The molecule has 1 N–H and O–H groups in total. The maximum Gasteiger partial charge on any atom is 0.124 e. The van der Waals surface area contributed by atoms with Gasteiger partial charge in [0.1, 0.15) is 5.75 Å². The summed E-state index contributed by atoms with van der Waals surface area (Å²) in [4.78, 5) is 1.11. The summed E-state index contributed by atoms with van der Waals surface area (Å²) in [7, 11) is 3.61. The van der Waals surface area contributed by atoms with Gasteiger partial charge < -0.3 is 10.1 Å². The Hall–Kier alpha value is -0.550. The number of rotatable bonds is 4. The fraction of sp³-hybridized carbons (Fsp3) is 0.286. The van der Waals surface area contributed by atoms with Crippen molar-refractivity contribution in [2.24, 2.45) is 0 Å². The molecule has 0 fully saturated rings. The molecule has 0 spiro atoms. The summed E-state index contributed by atoms with van der Waals surface area (Å²) in [6.07, 6.45) is 0. The highest BCUT2D eigenvalue weighted by Gasteiger charge is 2.21. The van der Waals surface area contributed by atoms with Crippen LogP contribution >= 0.6 is 38.9 Å². The van der Waals surface area contributed by atoms with Gasteiger partial charge in [0.05, 0.1) is 18.2 Å². The van der Waals surface area contributed by atoms with E-state index in [4.69, 9.17) is 16.3 Å². The van der Waals surface area contributed by atoms with Gasteiger partial charge in [-0.05, 0) is 43.1 Å². The molecule has 1 aromatic heterocycles. The first-order valence-corrected chi connectivity index (χ1v) is 7.87. The second-order valence-electron chi connectivity index (χ2n) is 4.20. The van der Waals surface area contributed by atoms with Gasteiger partial charge in [0.25, 0.3) is 0 Å². The van der Waals surface area contributed by atoms with Crippen LogP contribution in [0.1, 0.15) is 22.0 Å². The van der Waals surface area contributed by atoms with Gasteiger partial charge in [-0.1, -0.05) is 27.5 Å². The standard InChI is InChI=1S/C14H15BrClNOS/c1-8-7-19-14(12(8)16)13(17-2)10-6-9(15)4-5-11(10)18-3/h4-7,13,17H,1-3H3. The van der Waals surface area contributed by atoms with Crippen molar-refractivity contribution in [1.82, 2.24) is 5.32 Å². The van der Waals surface area contributed by atoms with Gasteiger partial charge in [-0.25, -0.2) is 0 Å². The molecular weight excluding hydrogens is 346 g/mol. The number of aryl methyl sites for hydroxylation is 1. The van der Waals surface area contributed by atoms with E-state index in [1.165, 1.54) is 0 Å². The van der Waals surface area contributed by atoms with Crippen LogP contribution < -0.4 is 10.1 Å². The van der Waals surface area contributed by atoms with Crippen molar-refractivity contribution < 1.29 is 4.74 Å². The first kappa shape index (κ1) is 14.9. The van der Waals surface area contributed by atoms with Crippen LogP contribution in [-0.4, -0.2) is 14.2 Å². The van der Waals surface area contributed by atoms with Gasteiger partial charge in [0.2, 0.25) is 0 Å². The summed E-state index contributed by atoms with van der Waals surface area (Å²) in [6, 6.07) is 6.01. The molecule has 2 aromatic rings. The molecular formula is C14H15BrClNOS. The van der Waals surface area contributed by atoms with Crippen molar-refractivity contribution in [2.75, 3.05) is 14.2 Å². The molecule has 102 valence electrons. The number of nitrogens with one attached hydrogen (secondary N) is 1. The van der Waals surface area contributed by atoms with E-state index in [1.54, 1.807) is 18.4 Å². The fourth-order valence-corrected chi connectivity index (χ4v) is 3.81. The third-order valence-corrected chi connectivity index (χ3v) is 5.25. The van der Waals surface area contributed by atoms with Crippen LogP contribution in [0.5, 0.6) is 5.75 Å². The molecule has 0 aliphatic heterocycles. The van der Waals surface area contributed by atoms with Crippen molar-refractivity contribution in [3.05, 3.63) is 49.1 Å². The Morgan fingerprint density at radius 2 is 2.16 bits per heavy atom. The Labute approximate surface area is 130 Å². The molecule has 1 heterocycles. The van der Waals surface area contributed by atoms with Gasteiger partial charge in [0.15, 0.2) is 0 Å². The highest BCUT2D eigenvalue weighted by Crippen LogP contribution is 2.39. The molecule has 1 unspecified atom stereocenters. The number of hydrogen-bond donors (Lipinski definition) is 1. The Balaban J connectivity index is 2.53. The van der Waals surface area contributed by atoms with E-state index in [1.807, 2.05) is 26.1 Å². The Bertz CT molecular complexity index is 585. The lowest BCUT2D eigenvalue weighted by atomic mass is 10.0. The summed E-state index contributed by atoms with van der Waals surface area (Å²) in [5.41, 5.74) is 2.18. The van der Waals surface area contributed by atoms with Crippen LogP contribution in [0, 0.1) is 6.92 Å². The molecule has 0 saturated carbocycles. The maximum atomic E-state index is 6.39. The van der Waals surface area contributed by atoms with Crippen LogP contribution in [-0.2, 0) is 0 Å². The zero-order valence-corrected chi connectivity index (χ0v) is 14.1. The summed E-state index contributed by atoms with van der Waals surface area (Å²) in [5.74, 6) is 0.852. The molecule has 2 nitrogen and oxygen atoms in total. The van der Waals surface area contributed by atoms with E-state index in [0.717, 1.165) is 31.2 Å². The van der Waals surface area contributed by atoms with Crippen molar-refractivity contribution in [3.8, 4) is 5.75 Å². The van der Waals surface area contributed by atoms with Crippen molar-refractivity contribution in [3.63, 3.8) is 0 Å². The molecule has 2 rings (SSSR count). The number of benzene rings is 1. The Morgan fingerprint density at radius 3 is 2.68 bits per heavy atom. The molecule has 0 aliphatic carbocycles. The molecule has 5 heteroatoms. The normalized spacial score (nSPS) is 12.5. The second-order valence-corrected chi connectivity index (χ2v) is 6.41. The van der Waals surface area contributed by atoms with E-state index in [2.05, 4.69) is 32.7 Å². The van der Waals surface area contributed by atoms with Crippen LogP contribution in [0.3, 0.4) is 0 Å². The van der Waals surface area contributed by atoms with Crippen LogP contribution in [0.15, 0.2) is 28.1 Å². The molecule has 1 atom stereocenters. The van der Waals surface area contributed by atoms with E-state index in [-0.39, 0.29) is 6.04 Å². The summed E-state index contributed by atoms with van der Waals surface area (Å²) >= 11 is 11.6. The number of ether oxygens (including phenoxy) is 1. The van der Waals surface area contributed by atoms with Gasteiger partial charge in [-0.15, -0.1) is 11.3 Å². The predicted octanol–water partition coefficient (Wildman–Crippen LogP) is 4.79. The van der Waals surface area contributed by atoms with Crippen LogP contribution in [0.25, 0.3) is 0 Å². The average Bonchev–Trinajstić information content (AvgIpc) is 2.72. The first-order valence-electron chi connectivity index (χ1n) is 5.82. The quantitative estimate of drug-likeness (QED) is 0.846. The minimum absolute atomic E-state index is 0.0265. The highest BCUT2D eigenvalue weighted by atomic mass is 79.9. The van der Waals surface area contributed by atoms with Crippen LogP contribution in [0.4, 0.5) is 0 Å². The predicted molar refractivity (Wildman–Crippen MR) is 85.7 cm³/mol. The van der Waals surface area contributed by atoms with Crippen molar-refractivity contribution >= 4 is 38.9 Å². The van der Waals surface area contributed by atoms with Gasteiger partial charge in [-0.3, -0.25) is 0 Å². The number of methoxy groups -OCH3 is 1. The zero-order chi connectivity index (χ0) is 14.0.